The van der Waals surface area contributed by atoms with Gasteiger partial charge in [-0.15, -0.1) is 0 Å². The lowest BCUT2D eigenvalue weighted by molar-refractivity contribution is -0.116. The lowest BCUT2D eigenvalue weighted by Crippen LogP contribution is -2.52. The van der Waals surface area contributed by atoms with E-state index >= 15 is 0 Å². The van der Waals surface area contributed by atoms with Crippen molar-refractivity contribution in [2.75, 3.05) is 45.2 Å². The molecule has 1 amide bonds. The minimum atomic E-state index is 0.0417. The van der Waals surface area contributed by atoms with Crippen LogP contribution in [0.1, 0.15) is 58.4 Å². The van der Waals surface area contributed by atoms with E-state index in [-0.39, 0.29) is 5.91 Å². The number of aryl methyl sites for hydroxylation is 1. The number of ether oxygens (including phenoxy) is 1. The van der Waals surface area contributed by atoms with Crippen molar-refractivity contribution < 1.29 is 9.53 Å². The highest BCUT2D eigenvalue weighted by molar-refractivity contribution is 6.01. The Balaban J connectivity index is 1.40. The summed E-state index contributed by atoms with van der Waals surface area (Å²) in [4.78, 5) is 22.3. The van der Waals surface area contributed by atoms with Crippen molar-refractivity contribution in [3.63, 3.8) is 0 Å². The first-order valence-corrected chi connectivity index (χ1v) is 12.6. The average Bonchev–Trinajstić information content (AvgIpc) is 2.79. The largest absolute Gasteiger partial charge is 0.497 e. The number of anilines is 1. The molecule has 2 aromatic rings. The van der Waals surface area contributed by atoms with Crippen molar-refractivity contribution in [2.24, 2.45) is 5.92 Å². The maximum Gasteiger partial charge on any atom is 0.224 e. The van der Waals surface area contributed by atoms with Gasteiger partial charge in [0.05, 0.1) is 18.3 Å². The molecule has 0 bridgehead atoms. The van der Waals surface area contributed by atoms with Gasteiger partial charge in [0.2, 0.25) is 5.91 Å². The summed E-state index contributed by atoms with van der Waals surface area (Å²) in [7, 11) is 1.64. The molecule has 1 aromatic heterocycles. The molecule has 182 valence electrons. The summed E-state index contributed by atoms with van der Waals surface area (Å²) in [5.74, 6) is 1.55. The molecule has 1 aliphatic heterocycles. The SMILES string of the molecule is COc1cc(NC(=O)CCCCCN2CCN(CCC(C)C)CC2C)c2nccc(C)c2c1. The number of benzene rings is 1. The first-order valence-electron chi connectivity index (χ1n) is 12.6. The summed E-state index contributed by atoms with van der Waals surface area (Å²) in [5, 5.41) is 4.07. The van der Waals surface area contributed by atoms with Gasteiger partial charge in [-0.2, -0.15) is 0 Å². The van der Waals surface area contributed by atoms with Gasteiger partial charge in [0.25, 0.3) is 0 Å². The average molecular weight is 455 g/mol. The van der Waals surface area contributed by atoms with E-state index in [2.05, 4.69) is 40.9 Å². The molecule has 0 spiro atoms. The molecular formula is C27H42N4O2. The molecule has 1 atom stereocenters. The predicted molar refractivity (Wildman–Crippen MR) is 137 cm³/mol. The second-order valence-electron chi connectivity index (χ2n) is 9.93. The highest BCUT2D eigenvalue weighted by Crippen LogP contribution is 2.30. The molecule has 1 N–H and O–H groups in total. The van der Waals surface area contributed by atoms with Crippen LogP contribution in [-0.2, 0) is 4.79 Å². The molecular weight excluding hydrogens is 412 g/mol. The number of pyridine rings is 1. The summed E-state index contributed by atoms with van der Waals surface area (Å²) in [5.41, 5.74) is 2.65. The Kier molecular flexibility index (Phi) is 9.51. The van der Waals surface area contributed by atoms with Gasteiger partial charge in [-0.1, -0.05) is 20.3 Å². The van der Waals surface area contributed by atoms with E-state index in [9.17, 15) is 4.79 Å². The molecule has 0 radical (unpaired) electrons. The lowest BCUT2D eigenvalue weighted by atomic mass is 10.1. The van der Waals surface area contributed by atoms with Gasteiger partial charge in [0.1, 0.15) is 5.75 Å². The summed E-state index contributed by atoms with van der Waals surface area (Å²) in [6.07, 6.45) is 6.73. The molecule has 6 heteroatoms. The predicted octanol–water partition coefficient (Wildman–Crippen LogP) is 5.10. The third-order valence-corrected chi connectivity index (χ3v) is 6.77. The van der Waals surface area contributed by atoms with Crippen LogP contribution in [0.15, 0.2) is 24.4 Å². The zero-order valence-corrected chi connectivity index (χ0v) is 21.2. The van der Waals surface area contributed by atoms with Crippen LogP contribution in [0.2, 0.25) is 0 Å². The Bertz CT molecular complexity index is 914. The number of carbonyl (C=O) groups excluding carboxylic acids is 1. The number of methoxy groups -OCH3 is 1. The van der Waals surface area contributed by atoms with Crippen LogP contribution < -0.4 is 10.1 Å². The number of aromatic nitrogens is 1. The minimum Gasteiger partial charge on any atom is -0.497 e. The number of hydrogen-bond donors (Lipinski definition) is 1. The van der Waals surface area contributed by atoms with E-state index in [1.165, 1.54) is 26.1 Å². The van der Waals surface area contributed by atoms with Gasteiger partial charge in [-0.25, -0.2) is 0 Å². The van der Waals surface area contributed by atoms with Gasteiger partial charge in [0.15, 0.2) is 0 Å². The normalized spacial score (nSPS) is 17.6. The molecule has 3 rings (SSSR count). The van der Waals surface area contributed by atoms with Crippen LogP contribution in [0.4, 0.5) is 5.69 Å². The van der Waals surface area contributed by atoms with Crippen LogP contribution >= 0.6 is 0 Å². The highest BCUT2D eigenvalue weighted by atomic mass is 16.5. The molecule has 1 aliphatic rings. The van der Waals surface area contributed by atoms with Crippen LogP contribution in [0.25, 0.3) is 10.9 Å². The van der Waals surface area contributed by atoms with E-state index in [0.29, 0.717) is 12.5 Å². The fraction of sp³-hybridized carbons (Fsp3) is 0.630. The number of hydrogen-bond acceptors (Lipinski definition) is 5. The van der Waals surface area contributed by atoms with E-state index in [1.807, 2.05) is 25.1 Å². The smallest absolute Gasteiger partial charge is 0.224 e. The number of nitrogens with one attached hydrogen (secondary N) is 1. The summed E-state index contributed by atoms with van der Waals surface area (Å²) in [6.45, 7) is 14.9. The first kappa shape index (κ1) is 25.4. The first-order chi connectivity index (χ1) is 15.9. The van der Waals surface area contributed by atoms with Gasteiger partial charge >= 0.3 is 0 Å². The third-order valence-electron chi connectivity index (χ3n) is 6.77. The highest BCUT2D eigenvalue weighted by Gasteiger charge is 2.22. The van der Waals surface area contributed by atoms with Gasteiger partial charge in [-0.05, 0) is 69.8 Å². The maximum atomic E-state index is 12.6. The summed E-state index contributed by atoms with van der Waals surface area (Å²) in [6, 6.07) is 6.42. The topological polar surface area (TPSA) is 57.7 Å². The number of carbonyl (C=O) groups is 1. The Hall–Kier alpha value is -2.18. The Morgan fingerprint density at radius 2 is 2.03 bits per heavy atom. The number of amides is 1. The van der Waals surface area contributed by atoms with E-state index in [1.54, 1.807) is 13.3 Å². The number of piperazine rings is 1. The fourth-order valence-electron chi connectivity index (χ4n) is 4.61. The second-order valence-corrected chi connectivity index (χ2v) is 9.93. The molecule has 33 heavy (non-hydrogen) atoms. The van der Waals surface area contributed by atoms with Crippen molar-refractivity contribution in [1.29, 1.82) is 0 Å². The Morgan fingerprint density at radius 1 is 1.21 bits per heavy atom. The monoisotopic (exact) mass is 454 g/mol. The number of nitrogens with zero attached hydrogens (tertiary/aromatic N) is 3. The van der Waals surface area contributed by atoms with Crippen LogP contribution in [0.5, 0.6) is 5.75 Å². The zero-order chi connectivity index (χ0) is 23.8. The van der Waals surface area contributed by atoms with E-state index in [4.69, 9.17) is 4.74 Å². The van der Waals surface area contributed by atoms with Gasteiger partial charge < -0.3 is 15.0 Å². The molecule has 1 saturated heterocycles. The van der Waals surface area contributed by atoms with Crippen molar-refractivity contribution >= 4 is 22.5 Å². The molecule has 2 heterocycles. The molecule has 6 nitrogen and oxygen atoms in total. The quantitative estimate of drug-likeness (QED) is 0.479. The van der Waals surface area contributed by atoms with E-state index in [0.717, 1.165) is 66.2 Å². The minimum absolute atomic E-state index is 0.0417. The molecule has 1 unspecified atom stereocenters. The van der Waals surface area contributed by atoms with Gasteiger partial charge in [0, 0.05) is 49.7 Å². The van der Waals surface area contributed by atoms with Crippen LogP contribution in [-0.4, -0.2) is 66.6 Å². The maximum absolute atomic E-state index is 12.6. The van der Waals surface area contributed by atoms with Crippen molar-refractivity contribution in [3.8, 4) is 5.75 Å². The number of fused-ring (bicyclic) bond motifs is 1. The van der Waals surface area contributed by atoms with Gasteiger partial charge in [-0.3, -0.25) is 14.7 Å². The number of rotatable bonds is 11. The van der Waals surface area contributed by atoms with Crippen molar-refractivity contribution in [2.45, 2.75) is 65.8 Å². The Morgan fingerprint density at radius 3 is 2.76 bits per heavy atom. The third kappa shape index (κ3) is 7.41. The summed E-state index contributed by atoms with van der Waals surface area (Å²) >= 11 is 0. The fourth-order valence-corrected chi connectivity index (χ4v) is 4.61. The van der Waals surface area contributed by atoms with E-state index < -0.39 is 0 Å². The molecule has 0 saturated carbocycles. The zero-order valence-electron chi connectivity index (χ0n) is 21.2. The van der Waals surface area contributed by atoms with Crippen LogP contribution in [0, 0.1) is 12.8 Å². The number of unbranched alkanes of at least 4 members (excludes halogenated alkanes) is 2. The second kappa shape index (κ2) is 12.3. The Labute approximate surface area is 199 Å². The molecule has 1 fully saturated rings. The molecule has 1 aromatic carbocycles. The molecule has 0 aliphatic carbocycles. The van der Waals surface area contributed by atoms with Crippen molar-refractivity contribution in [3.05, 3.63) is 30.0 Å². The van der Waals surface area contributed by atoms with Crippen LogP contribution in [0.3, 0.4) is 0 Å². The van der Waals surface area contributed by atoms with Crippen molar-refractivity contribution in [1.82, 2.24) is 14.8 Å². The standard InChI is InChI=1S/C27H42N4O2/c1-20(2)11-14-30-15-16-31(22(4)19-30)13-8-6-7-9-26(32)29-25-18-23(33-5)17-24-21(3)10-12-28-27(24)25/h10,12,17-18,20,22H,6-9,11,13-16,19H2,1-5H3,(H,29,32). The summed E-state index contributed by atoms with van der Waals surface area (Å²) < 4.78 is 5.42. The lowest BCUT2D eigenvalue weighted by Gasteiger charge is -2.40.